The van der Waals surface area contributed by atoms with E-state index in [4.69, 9.17) is 14.2 Å². The first kappa shape index (κ1) is 27.5. The van der Waals surface area contributed by atoms with Gasteiger partial charge < -0.3 is 23.9 Å². The topological polar surface area (TPSA) is 86.0 Å². The zero-order valence-corrected chi connectivity index (χ0v) is 23.7. The average Bonchev–Trinajstić information content (AvgIpc) is 3.46. The lowest BCUT2D eigenvalue weighted by atomic mass is 9.88. The molecule has 1 aromatic heterocycles. The number of hydrogen-bond acceptors (Lipinski definition) is 6. The zero-order valence-electron chi connectivity index (χ0n) is 23.7. The van der Waals surface area contributed by atoms with E-state index in [-0.39, 0.29) is 23.4 Å². The molecule has 0 saturated carbocycles. The number of carboxylic acid groups (broad SMARTS) is 1. The van der Waals surface area contributed by atoms with Crippen LogP contribution in [0.25, 0.3) is 6.08 Å². The van der Waals surface area contributed by atoms with Gasteiger partial charge in [-0.3, -0.25) is 4.90 Å². The standard InChI is InChI=1S/C32H36FN3O5/c1-20-7-8-26(27(33)15-20)32(3)40-28-6-4-5-25(30(28)41-32)22-9-12-35(13-10-22)19-29-34-17-23(16-21(2)31(37)38)36(29)18-24-11-14-39-24/h4-8,15-17,22,24H,9-14,18-19H2,1-3H3,(H,37,38)/b21-16+/t24-,32-/m0/s1. The molecule has 3 aliphatic rings. The number of nitrogens with zero attached hydrogens (tertiary/aromatic N) is 3. The zero-order chi connectivity index (χ0) is 28.7. The van der Waals surface area contributed by atoms with Crippen LogP contribution in [-0.4, -0.2) is 51.3 Å². The Kier molecular flexibility index (Phi) is 7.34. The van der Waals surface area contributed by atoms with Crippen molar-refractivity contribution in [3.05, 3.63) is 82.2 Å². The molecule has 0 radical (unpaired) electrons. The van der Waals surface area contributed by atoms with Crippen LogP contribution in [0.4, 0.5) is 4.39 Å². The number of likely N-dealkylation sites (tertiary alicyclic amines) is 1. The molecule has 41 heavy (non-hydrogen) atoms. The fraction of sp³-hybridized carbons (Fsp3) is 0.438. The van der Waals surface area contributed by atoms with Crippen molar-refractivity contribution in [3.8, 4) is 11.5 Å². The molecule has 2 fully saturated rings. The van der Waals surface area contributed by atoms with Crippen LogP contribution in [0.1, 0.15) is 67.2 Å². The molecule has 2 saturated heterocycles. The Morgan fingerprint density at radius 3 is 2.66 bits per heavy atom. The van der Waals surface area contributed by atoms with Crippen LogP contribution in [0.15, 0.2) is 48.2 Å². The number of imidazole rings is 1. The van der Waals surface area contributed by atoms with Crippen molar-refractivity contribution in [2.24, 2.45) is 0 Å². The van der Waals surface area contributed by atoms with Gasteiger partial charge >= 0.3 is 5.97 Å². The lowest BCUT2D eigenvalue weighted by Gasteiger charge is -2.33. The number of halogens is 1. The largest absolute Gasteiger partial charge is 0.478 e. The number of aromatic nitrogens is 2. The first-order chi connectivity index (χ1) is 19.7. The number of carbonyl (C=O) groups is 1. The molecule has 6 rings (SSSR count). The summed E-state index contributed by atoms with van der Waals surface area (Å²) in [4.78, 5) is 18.5. The minimum absolute atomic E-state index is 0.132. The van der Waals surface area contributed by atoms with Gasteiger partial charge in [0.15, 0.2) is 11.5 Å². The highest BCUT2D eigenvalue weighted by molar-refractivity contribution is 5.91. The van der Waals surface area contributed by atoms with Crippen LogP contribution in [0.5, 0.6) is 11.5 Å². The first-order valence-corrected chi connectivity index (χ1v) is 14.3. The summed E-state index contributed by atoms with van der Waals surface area (Å²) < 4.78 is 35.2. The number of carboxylic acids is 1. The molecule has 0 aliphatic carbocycles. The molecule has 2 aromatic carbocycles. The Morgan fingerprint density at radius 2 is 1.98 bits per heavy atom. The molecule has 0 spiro atoms. The van der Waals surface area contributed by atoms with Crippen molar-refractivity contribution < 1.29 is 28.5 Å². The van der Waals surface area contributed by atoms with E-state index in [1.165, 1.54) is 6.07 Å². The van der Waals surface area contributed by atoms with E-state index in [0.29, 0.717) is 30.2 Å². The van der Waals surface area contributed by atoms with Gasteiger partial charge in [-0.2, -0.15) is 0 Å². The van der Waals surface area contributed by atoms with Crippen molar-refractivity contribution in [3.63, 3.8) is 0 Å². The van der Waals surface area contributed by atoms with Crippen molar-refractivity contribution >= 4 is 12.0 Å². The summed E-state index contributed by atoms with van der Waals surface area (Å²) in [6.45, 7) is 9.09. The van der Waals surface area contributed by atoms with Gasteiger partial charge in [-0.25, -0.2) is 14.2 Å². The van der Waals surface area contributed by atoms with E-state index in [9.17, 15) is 14.3 Å². The Bertz CT molecular complexity index is 1490. The van der Waals surface area contributed by atoms with Crippen molar-refractivity contribution in [1.82, 2.24) is 14.5 Å². The second-order valence-corrected chi connectivity index (χ2v) is 11.5. The second-order valence-electron chi connectivity index (χ2n) is 11.5. The third-order valence-electron chi connectivity index (χ3n) is 8.47. The fourth-order valence-corrected chi connectivity index (χ4v) is 5.97. The van der Waals surface area contributed by atoms with Crippen LogP contribution < -0.4 is 9.47 Å². The fourth-order valence-electron chi connectivity index (χ4n) is 5.97. The SMILES string of the molecule is C/C(=C\c1cnc(CN2CCC(c3cccc4c3O[C@@](C)(c3ccc(C)cc3F)O4)CC2)n1C[C@@H]1CCO1)C(=O)O. The summed E-state index contributed by atoms with van der Waals surface area (Å²) in [5.41, 5.74) is 3.39. The molecular formula is C32H36FN3O5. The van der Waals surface area contributed by atoms with Gasteiger partial charge in [0, 0.05) is 24.7 Å². The predicted molar refractivity (Wildman–Crippen MR) is 151 cm³/mol. The van der Waals surface area contributed by atoms with Crippen LogP contribution in [0, 0.1) is 12.7 Å². The smallest absolute Gasteiger partial charge is 0.331 e. The number of hydrogen-bond donors (Lipinski definition) is 1. The maximum absolute atomic E-state index is 14.9. The average molecular weight is 562 g/mol. The Morgan fingerprint density at radius 1 is 1.20 bits per heavy atom. The summed E-state index contributed by atoms with van der Waals surface area (Å²) in [6, 6.07) is 11.1. The van der Waals surface area contributed by atoms with E-state index in [1.807, 2.05) is 25.1 Å². The van der Waals surface area contributed by atoms with Crippen molar-refractivity contribution in [2.75, 3.05) is 19.7 Å². The van der Waals surface area contributed by atoms with Crippen LogP contribution in [-0.2, 0) is 28.4 Å². The number of fused-ring (bicyclic) bond motifs is 1. The van der Waals surface area contributed by atoms with Gasteiger partial charge in [0.2, 0.25) is 0 Å². The second kappa shape index (κ2) is 10.9. The molecule has 3 aromatic rings. The summed E-state index contributed by atoms with van der Waals surface area (Å²) in [5.74, 6) is 0.0519. The highest BCUT2D eigenvalue weighted by Crippen LogP contribution is 2.49. The molecule has 0 unspecified atom stereocenters. The Balaban J connectivity index is 1.15. The van der Waals surface area contributed by atoms with Gasteiger partial charge in [-0.15, -0.1) is 0 Å². The highest BCUT2D eigenvalue weighted by atomic mass is 19.1. The molecule has 3 aliphatic heterocycles. The summed E-state index contributed by atoms with van der Waals surface area (Å²) in [7, 11) is 0. The van der Waals surface area contributed by atoms with Gasteiger partial charge in [-0.1, -0.05) is 18.2 Å². The molecule has 4 heterocycles. The molecule has 9 heteroatoms. The van der Waals surface area contributed by atoms with Crippen LogP contribution in [0.2, 0.25) is 0 Å². The molecular weight excluding hydrogens is 525 g/mol. The number of aliphatic carboxylic acids is 1. The molecule has 2 atom stereocenters. The van der Waals surface area contributed by atoms with E-state index in [1.54, 1.807) is 32.2 Å². The minimum Gasteiger partial charge on any atom is -0.478 e. The maximum atomic E-state index is 14.9. The number of aryl methyl sites for hydroxylation is 1. The Hall–Kier alpha value is -3.69. The van der Waals surface area contributed by atoms with E-state index in [0.717, 1.165) is 61.6 Å². The third kappa shape index (κ3) is 5.48. The molecule has 216 valence electrons. The number of piperidine rings is 1. The normalized spacial score (nSPS) is 23.0. The van der Waals surface area contributed by atoms with Gasteiger partial charge in [0.25, 0.3) is 5.79 Å². The molecule has 1 N–H and O–H groups in total. The van der Waals surface area contributed by atoms with E-state index < -0.39 is 11.8 Å². The van der Waals surface area contributed by atoms with Gasteiger partial charge in [0.05, 0.1) is 36.6 Å². The lowest BCUT2D eigenvalue weighted by Crippen LogP contribution is -2.35. The summed E-state index contributed by atoms with van der Waals surface area (Å²) in [6.07, 6.45) is 6.43. The van der Waals surface area contributed by atoms with E-state index >= 15 is 0 Å². The van der Waals surface area contributed by atoms with Gasteiger partial charge in [0.1, 0.15) is 11.6 Å². The maximum Gasteiger partial charge on any atom is 0.331 e. The number of para-hydroxylation sites is 1. The van der Waals surface area contributed by atoms with Crippen molar-refractivity contribution in [1.29, 1.82) is 0 Å². The van der Waals surface area contributed by atoms with Gasteiger partial charge in [-0.05, 0) is 82.0 Å². The number of benzene rings is 2. The molecule has 8 nitrogen and oxygen atoms in total. The highest BCUT2D eigenvalue weighted by Gasteiger charge is 2.43. The lowest BCUT2D eigenvalue weighted by molar-refractivity contribution is -0.132. The minimum atomic E-state index is -1.22. The molecule has 0 bridgehead atoms. The summed E-state index contributed by atoms with van der Waals surface area (Å²) >= 11 is 0. The first-order valence-electron chi connectivity index (χ1n) is 14.3. The third-order valence-corrected chi connectivity index (χ3v) is 8.47. The quantitative estimate of drug-likeness (QED) is 0.357. The predicted octanol–water partition coefficient (Wildman–Crippen LogP) is 5.63. The van der Waals surface area contributed by atoms with Crippen LogP contribution >= 0.6 is 0 Å². The summed E-state index contributed by atoms with van der Waals surface area (Å²) in [5, 5.41) is 9.36. The van der Waals surface area contributed by atoms with Crippen molar-refractivity contribution in [2.45, 2.75) is 70.9 Å². The van der Waals surface area contributed by atoms with Crippen LogP contribution in [0.3, 0.4) is 0 Å². The Labute approximate surface area is 239 Å². The molecule has 0 amide bonds. The number of ether oxygens (including phenoxy) is 3. The number of rotatable bonds is 8. The monoisotopic (exact) mass is 561 g/mol. The van der Waals surface area contributed by atoms with E-state index in [2.05, 4.69) is 20.5 Å².